The molecular formula is C9H9F4NO. The van der Waals surface area contributed by atoms with E-state index in [0.717, 1.165) is 6.07 Å². The first-order valence-corrected chi connectivity index (χ1v) is 4.02. The van der Waals surface area contributed by atoms with E-state index in [0.29, 0.717) is 6.07 Å². The molecule has 0 unspecified atom stereocenters. The van der Waals surface area contributed by atoms with Gasteiger partial charge in [0.15, 0.2) is 5.75 Å². The average Bonchev–Trinajstić information content (AvgIpc) is 1.99. The number of hydrogen-bond donors (Lipinski definition) is 0. The molecule has 0 spiro atoms. The standard InChI is InChI=1S/C9H9F4NO/c1-14(2)7-4-3-6(10)5-8(7)15-9(11,12)13/h3-5H,1-2H3. The fraction of sp³-hybridized carbons (Fsp3) is 0.333. The average molecular weight is 223 g/mol. The molecule has 1 aromatic carbocycles. The van der Waals surface area contributed by atoms with Gasteiger partial charge in [-0.2, -0.15) is 0 Å². The van der Waals surface area contributed by atoms with Gasteiger partial charge < -0.3 is 9.64 Å². The lowest BCUT2D eigenvalue weighted by molar-refractivity contribution is -0.274. The third-order valence-electron chi connectivity index (χ3n) is 1.63. The number of nitrogens with zero attached hydrogens (tertiary/aromatic N) is 1. The van der Waals surface area contributed by atoms with Crippen molar-refractivity contribution in [3.05, 3.63) is 24.0 Å². The maximum absolute atomic E-state index is 12.7. The number of hydrogen-bond acceptors (Lipinski definition) is 2. The summed E-state index contributed by atoms with van der Waals surface area (Å²) in [6.07, 6.45) is -4.82. The fourth-order valence-corrected chi connectivity index (χ4v) is 1.06. The number of ether oxygens (including phenoxy) is 1. The minimum atomic E-state index is -4.82. The maximum Gasteiger partial charge on any atom is 0.573 e. The fourth-order valence-electron chi connectivity index (χ4n) is 1.06. The molecule has 0 atom stereocenters. The predicted molar refractivity (Wildman–Crippen MR) is 47.4 cm³/mol. The van der Waals surface area contributed by atoms with Gasteiger partial charge in [0.1, 0.15) is 5.82 Å². The van der Waals surface area contributed by atoms with E-state index in [9.17, 15) is 17.6 Å². The van der Waals surface area contributed by atoms with Crippen LogP contribution in [0, 0.1) is 5.82 Å². The summed E-state index contributed by atoms with van der Waals surface area (Å²) in [5.41, 5.74) is 0.161. The van der Waals surface area contributed by atoms with Crippen molar-refractivity contribution in [2.75, 3.05) is 19.0 Å². The van der Waals surface area contributed by atoms with Gasteiger partial charge in [0.25, 0.3) is 0 Å². The quantitative estimate of drug-likeness (QED) is 0.715. The number of alkyl halides is 3. The van der Waals surface area contributed by atoms with E-state index in [1.165, 1.54) is 25.1 Å². The van der Waals surface area contributed by atoms with Gasteiger partial charge in [0.05, 0.1) is 5.69 Å². The Kier molecular flexibility index (Phi) is 3.06. The molecule has 0 aliphatic carbocycles. The first-order chi connectivity index (χ1) is 6.79. The molecule has 0 N–H and O–H groups in total. The maximum atomic E-state index is 12.7. The molecule has 6 heteroatoms. The van der Waals surface area contributed by atoms with Crippen molar-refractivity contribution < 1.29 is 22.3 Å². The van der Waals surface area contributed by atoms with Crippen molar-refractivity contribution in [1.82, 2.24) is 0 Å². The van der Waals surface area contributed by atoms with Gasteiger partial charge in [-0.1, -0.05) is 0 Å². The Bertz CT molecular complexity index is 348. The minimum absolute atomic E-state index is 0.161. The van der Waals surface area contributed by atoms with Gasteiger partial charge in [-0.25, -0.2) is 4.39 Å². The highest BCUT2D eigenvalue weighted by Gasteiger charge is 2.32. The molecule has 0 aliphatic rings. The SMILES string of the molecule is CN(C)c1ccc(F)cc1OC(F)(F)F. The summed E-state index contributed by atoms with van der Waals surface area (Å²) in [7, 11) is 3.08. The van der Waals surface area contributed by atoms with Gasteiger partial charge in [-0.05, 0) is 12.1 Å². The molecule has 1 rings (SSSR count). The van der Waals surface area contributed by atoms with E-state index in [1.807, 2.05) is 0 Å². The summed E-state index contributed by atoms with van der Waals surface area (Å²) in [4.78, 5) is 1.40. The smallest absolute Gasteiger partial charge is 0.403 e. The van der Waals surface area contributed by atoms with E-state index < -0.39 is 17.9 Å². The Morgan fingerprint density at radius 1 is 1.20 bits per heavy atom. The normalized spacial score (nSPS) is 11.3. The summed E-state index contributed by atoms with van der Waals surface area (Å²) < 4.78 is 52.3. The van der Waals surface area contributed by atoms with Crippen molar-refractivity contribution >= 4 is 5.69 Å². The lowest BCUT2D eigenvalue weighted by atomic mass is 10.2. The van der Waals surface area contributed by atoms with Crippen molar-refractivity contribution in [1.29, 1.82) is 0 Å². The van der Waals surface area contributed by atoms with E-state index in [1.54, 1.807) is 0 Å². The molecule has 0 saturated heterocycles. The van der Waals surface area contributed by atoms with Gasteiger partial charge in [0.2, 0.25) is 0 Å². The third-order valence-corrected chi connectivity index (χ3v) is 1.63. The van der Waals surface area contributed by atoms with Crippen LogP contribution < -0.4 is 9.64 Å². The van der Waals surface area contributed by atoms with Crippen molar-refractivity contribution in [2.45, 2.75) is 6.36 Å². The molecule has 0 aliphatic heterocycles. The summed E-state index contributed by atoms with van der Waals surface area (Å²) in [5, 5.41) is 0. The van der Waals surface area contributed by atoms with Crippen LogP contribution in [0.2, 0.25) is 0 Å². The monoisotopic (exact) mass is 223 g/mol. The second-order valence-electron chi connectivity index (χ2n) is 3.05. The molecule has 0 amide bonds. The molecule has 0 radical (unpaired) electrons. The topological polar surface area (TPSA) is 12.5 Å². The van der Waals surface area contributed by atoms with Crippen LogP contribution in [0.25, 0.3) is 0 Å². The van der Waals surface area contributed by atoms with E-state index in [4.69, 9.17) is 0 Å². The van der Waals surface area contributed by atoms with Gasteiger partial charge in [-0.15, -0.1) is 13.2 Å². The molecule has 0 saturated carbocycles. The summed E-state index contributed by atoms with van der Waals surface area (Å²) in [6.45, 7) is 0. The van der Waals surface area contributed by atoms with Gasteiger partial charge in [-0.3, -0.25) is 0 Å². The minimum Gasteiger partial charge on any atom is -0.403 e. The van der Waals surface area contributed by atoms with Crippen LogP contribution in [0.5, 0.6) is 5.75 Å². The van der Waals surface area contributed by atoms with Crippen LogP contribution in [-0.4, -0.2) is 20.5 Å². The van der Waals surface area contributed by atoms with Crippen LogP contribution in [0.1, 0.15) is 0 Å². The first kappa shape index (κ1) is 11.6. The second kappa shape index (κ2) is 3.96. The molecular weight excluding hydrogens is 214 g/mol. The Morgan fingerprint density at radius 2 is 1.80 bits per heavy atom. The first-order valence-electron chi connectivity index (χ1n) is 4.02. The molecule has 0 heterocycles. The highest BCUT2D eigenvalue weighted by Crippen LogP contribution is 2.32. The number of benzene rings is 1. The van der Waals surface area contributed by atoms with Gasteiger partial charge in [0, 0.05) is 20.2 Å². The lowest BCUT2D eigenvalue weighted by Gasteiger charge is -2.18. The zero-order chi connectivity index (χ0) is 11.6. The summed E-state index contributed by atoms with van der Waals surface area (Å²) in [5.74, 6) is -1.33. The molecule has 1 aromatic rings. The van der Waals surface area contributed by atoms with Gasteiger partial charge >= 0.3 is 6.36 Å². The number of anilines is 1. The van der Waals surface area contributed by atoms with Crippen molar-refractivity contribution in [2.24, 2.45) is 0 Å². The van der Waals surface area contributed by atoms with E-state index in [2.05, 4.69) is 4.74 Å². The third kappa shape index (κ3) is 3.30. The molecule has 0 bridgehead atoms. The molecule has 84 valence electrons. The highest BCUT2D eigenvalue weighted by atomic mass is 19.4. The predicted octanol–water partition coefficient (Wildman–Crippen LogP) is 2.79. The van der Waals surface area contributed by atoms with Crippen LogP contribution in [0.3, 0.4) is 0 Å². The van der Waals surface area contributed by atoms with Crippen LogP contribution in [0.15, 0.2) is 18.2 Å². The van der Waals surface area contributed by atoms with Crippen LogP contribution >= 0.6 is 0 Å². The Labute approximate surface area is 84.1 Å². The zero-order valence-electron chi connectivity index (χ0n) is 8.10. The molecule has 15 heavy (non-hydrogen) atoms. The molecule has 0 aromatic heterocycles. The van der Waals surface area contributed by atoms with E-state index in [-0.39, 0.29) is 5.69 Å². The van der Waals surface area contributed by atoms with Crippen LogP contribution in [-0.2, 0) is 0 Å². The number of halogens is 4. The Balaban J connectivity index is 3.08. The van der Waals surface area contributed by atoms with Crippen molar-refractivity contribution in [3.8, 4) is 5.75 Å². The lowest BCUT2D eigenvalue weighted by Crippen LogP contribution is -2.20. The summed E-state index contributed by atoms with van der Waals surface area (Å²) in [6, 6.07) is 2.98. The summed E-state index contributed by atoms with van der Waals surface area (Å²) >= 11 is 0. The largest absolute Gasteiger partial charge is 0.573 e. The zero-order valence-corrected chi connectivity index (χ0v) is 8.10. The molecule has 0 fully saturated rings. The van der Waals surface area contributed by atoms with E-state index >= 15 is 0 Å². The Hall–Kier alpha value is -1.46. The second-order valence-corrected chi connectivity index (χ2v) is 3.05. The Morgan fingerprint density at radius 3 is 2.27 bits per heavy atom. The molecule has 2 nitrogen and oxygen atoms in total. The van der Waals surface area contributed by atoms with Crippen LogP contribution in [0.4, 0.5) is 23.2 Å². The number of rotatable bonds is 2. The highest BCUT2D eigenvalue weighted by molar-refractivity contribution is 5.57. The van der Waals surface area contributed by atoms with Crippen molar-refractivity contribution in [3.63, 3.8) is 0 Å².